The zero-order valence-electron chi connectivity index (χ0n) is 25.4. The first-order chi connectivity index (χ1) is 20.9. The van der Waals surface area contributed by atoms with Crippen molar-refractivity contribution in [2.45, 2.75) is 57.1 Å². The van der Waals surface area contributed by atoms with E-state index < -0.39 is 34.1 Å². The number of benzene rings is 4. The molecule has 0 aromatic heterocycles. The molecular weight excluding hydrogens is 594 g/mol. The van der Waals surface area contributed by atoms with Gasteiger partial charge in [0.1, 0.15) is 12.6 Å². The number of carbonyl (C=O) groups excluding carboxylic acids is 2. The second-order valence-corrected chi connectivity index (χ2v) is 13.9. The van der Waals surface area contributed by atoms with Crippen LogP contribution in [0.5, 0.6) is 0 Å². The average Bonchev–Trinajstić information content (AvgIpc) is 2.99. The summed E-state index contributed by atoms with van der Waals surface area (Å²) < 4.78 is 29.3. The van der Waals surface area contributed by atoms with Crippen LogP contribution < -0.4 is 9.62 Å². The second-order valence-electron chi connectivity index (χ2n) is 11.7. The van der Waals surface area contributed by atoms with Crippen LogP contribution in [0.3, 0.4) is 0 Å². The first-order valence-corrected chi connectivity index (χ1v) is 16.2. The highest BCUT2D eigenvalue weighted by molar-refractivity contribution is 7.92. The number of anilines is 1. The molecule has 0 bridgehead atoms. The van der Waals surface area contributed by atoms with Crippen LogP contribution in [0.15, 0.2) is 114 Å². The van der Waals surface area contributed by atoms with Crippen molar-refractivity contribution in [1.29, 1.82) is 0 Å². The number of hydrogen-bond acceptors (Lipinski definition) is 4. The molecule has 0 fully saturated rings. The van der Waals surface area contributed by atoms with E-state index in [0.717, 1.165) is 15.4 Å². The monoisotopic (exact) mass is 631 g/mol. The van der Waals surface area contributed by atoms with Crippen molar-refractivity contribution < 1.29 is 18.0 Å². The van der Waals surface area contributed by atoms with Crippen LogP contribution in [0.1, 0.15) is 37.5 Å². The Labute approximate surface area is 265 Å². The predicted octanol–water partition coefficient (Wildman–Crippen LogP) is 6.40. The van der Waals surface area contributed by atoms with E-state index in [-0.39, 0.29) is 29.5 Å². The van der Waals surface area contributed by atoms with Crippen LogP contribution in [0.4, 0.5) is 5.69 Å². The number of halogens is 1. The SMILES string of the molecule is Cc1c(Cl)cccc1N(CC(=O)N(Cc1ccccc1)[C@@H](Cc1ccccc1)C(=O)NC(C)(C)C)S(=O)(=O)c1ccccc1. The first-order valence-electron chi connectivity index (χ1n) is 14.4. The van der Waals surface area contributed by atoms with Crippen molar-refractivity contribution >= 4 is 39.1 Å². The highest BCUT2D eigenvalue weighted by Crippen LogP contribution is 2.31. The predicted molar refractivity (Wildman–Crippen MR) is 176 cm³/mol. The molecule has 0 aliphatic heterocycles. The average molecular weight is 632 g/mol. The summed E-state index contributed by atoms with van der Waals surface area (Å²) in [4.78, 5) is 30.0. The van der Waals surface area contributed by atoms with Crippen molar-refractivity contribution in [3.63, 3.8) is 0 Å². The van der Waals surface area contributed by atoms with Crippen LogP contribution in [-0.4, -0.2) is 43.3 Å². The van der Waals surface area contributed by atoms with Crippen LogP contribution in [-0.2, 0) is 32.6 Å². The smallest absolute Gasteiger partial charge is 0.264 e. The molecule has 44 heavy (non-hydrogen) atoms. The Morgan fingerprint density at radius 1 is 0.795 bits per heavy atom. The van der Waals surface area contributed by atoms with Gasteiger partial charge in [-0.3, -0.25) is 13.9 Å². The molecule has 4 rings (SSSR count). The Morgan fingerprint density at radius 2 is 1.34 bits per heavy atom. The van der Waals surface area contributed by atoms with Crippen molar-refractivity contribution in [3.8, 4) is 0 Å². The van der Waals surface area contributed by atoms with Crippen LogP contribution >= 0.6 is 11.6 Å². The van der Waals surface area contributed by atoms with E-state index in [1.807, 2.05) is 81.4 Å². The summed E-state index contributed by atoms with van der Waals surface area (Å²) in [5.74, 6) is -0.861. The van der Waals surface area contributed by atoms with Gasteiger partial charge in [0.2, 0.25) is 11.8 Å². The molecule has 7 nitrogen and oxygen atoms in total. The number of amides is 2. The maximum Gasteiger partial charge on any atom is 0.264 e. The van der Waals surface area contributed by atoms with Gasteiger partial charge in [-0.25, -0.2) is 8.42 Å². The molecule has 9 heteroatoms. The fraction of sp³-hybridized carbons (Fsp3) is 0.257. The minimum absolute atomic E-state index is 0.0353. The highest BCUT2D eigenvalue weighted by Gasteiger charge is 2.36. The molecule has 0 saturated carbocycles. The number of hydrogen-bond donors (Lipinski definition) is 1. The maximum absolute atomic E-state index is 14.5. The third-order valence-corrected chi connectivity index (χ3v) is 9.27. The molecule has 0 aliphatic rings. The third kappa shape index (κ3) is 8.27. The Bertz CT molecular complexity index is 1680. The molecule has 0 saturated heterocycles. The van der Waals surface area contributed by atoms with E-state index in [4.69, 9.17) is 11.6 Å². The number of nitrogens with zero attached hydrogens (tertiary/aromatic N) is 2. The lowest BCUT2D eigenvalue weighted by atomic mass is 10.0. The Morgan fingerprint density at radius 3 is 1.91 bits per heavy atom. The van der Waals surface area contributed by atoms with E-state index in [1.165, 1.54) is 17.0 Å². The van der Waals surface area contributed by atoms with E-state index in [2.05, 4.69) is 5.32 Å². The van der Waals surface area contributed by atoms with E-state index in [9.17, 15) is 18.0 Å². The Balaban J connectivity index is 1.83. The molecule has 0 spiro atoms. The van der Waals surface area contributed by atoms with Gasteiger partial charge in [0.15, 0.2) is 0 Å². The van der Waals surface area contributed by atoms with Gasteiger partial charge in [0, 0.05) is 23.5 Å². The lowest BCUT2D eigenvalue weighted by molar-refractivity contribution is -0.140. The molecule has 1 N–H and O–H groups in total. The quantitative estimate of drug-likeness (QED) is 0.208. The number of carbonyl (C=O) groups is 2. The van der Waals surface area contributed by atoms with Crippen LogP contribution in [0.25, 0.3) is 0 Å². The molecule has 0 unspecified atom stereocenters. The van der Waals surface area contributed by atoms with Crippen molar-refractivity contribution in [2.24, 2.45) is 0 Å². The van der Waals surface area contributed by atoms with Crippen LogP contribution in [0.2, 0.25) is 5.02 Å². The van der Waals surface area contributed by atoms with Gasteiger partial charge >= 0.3 is 0 Å². The summed E-state index contributed by atoms with van der Waals surface area (Å²) in [5.41, 5.74) is 1.91. The zero-order chi connectivity index (χ0) is 31.9. The summed E-state index contributed by atoms with van der Waals surface area (Å²) in [6.45, 7) is 6.91. The first kappa shape index (κ1) is 32.8. The number of sulfonamides is 1. The van der Waals surface area contributed by atoms with E-state index in [0.29, 0.717) is 10.6 Å². The van der Waals surface area contributed by atoms with Gasteiger partial charge in [-0.2, -0.15) is 0 Å². The van der Waals surface area contributed by atoms with E-state index >= 15 is 0 Å². The minimum Gasteiger partial charge on any atom is -0.350 e. The van der Waals surface area contributed by atoms with Crippen LogP contribution in [0, 0.1) is 6.92 Å². The highest BCUT2D eigenvalue weighted by atomic mass is 35.5. The largest absolute Gasteiger partial charge is 0.350 e. The lowest BCUT2D eigenvalue weighted by Crippen LogP contribution is -2.56. The fourth-order valence-electron chi connectivity index (χ4n) is 4.89. The van der Waals surface area contributed by atoms with Gasteiger partial charge in [0.25, 0.3) is 10.0 Å². The lowest BCUT2D eigenvalue weighted by Gasteiger charge is -2.35. The van der Waals surface area contributed by atoms with Gasteiger partial charge in [0.05, 0.1) is 10.6 Å². The summed E-state index contributed by atoms with van der Waals surface area (Å²) in [7, 11) is -4.20. The third-order valence-electron chi connectivity index (χ3n) is 7.08. The molecule has 230 valence electrons. The Hall–Kier alpha value is -4.14. The summed E-state index contributed by atoms with van der Waals surface area (Å²) in [6, 6.07) is 30.8. The van der Waals surface area contributed by atoms with Gasteiger partial charge in [-0.05, 0) is 68.7 Å². The molecular formula is C35H38ClN3O4S. The van der Waals surface area contributed by atoms with Gasteiger partial charge < -0.3 is 10.2 Å². The molecule has 1 atom stereocenters. The summed E-state index contributed by atoms with van der Waals surface area (Å²) in [6.07, 6.45) is 0.239. The zero-order valence-corrected chi connectivity index (χ0v) is 27.0. The summed E-state index contributed by atoms with van der Waals surface area (Å²) >= 11 is 6.43. The number of nitrogens with one attached hydrogen (secondary N) is 1. The molecule has 0 radical (unpaired) electrons. The minimum atomic E-state index is -4.20. The van der Waals surface area contributed by atoms with Crippen molar-refractivity contribution in [1.82, 2.24) is 10.2 Å². The molecule has 0 aliphatic carbocycles. The number of rotatable bonds is 11. The summed E-state index contributed by atoms with van der Waals surface area (Å²) in [5, 5.41) is 3.41. The van der Waals surface area contributed by atoms with Crippen molar-refractivity contribution in [2.75, 3.05) is 10.8 Å². The topological polar surface area (TPSA) is 86.8 Å². The Kier molecular flexibility index (Phi) is 10.5. The van der Waals surface area contributed by atoms with Crippen molar-refractivity contribution in [3.05, 3.63) is 131 Å². The normalized spacial score (nSPS) is 12.3. The van der Waals surface area contributed by atoms with Gasteiger partial charge in [-0.15, -0.1) is 0 Å². The standard InChI is InChI=1S/C35H38ClN3O4S/c1-26-30(36)21-14-22-31(26)39(44(42,43)29-19-12-7-13-20-29)25-33(40)38(24-28-17-10-6-11-18-28)32(34(41)37-35(2,3)4)23-27-15-8-5-9-16-27/h5-22,32H,23-25H2,1-4H3,(H,37,41)/t32-/m0/s1. The molecule has 4 aromatic rings. The van der Waals surface area contributed by atoms with E-state index in [1.54, 1.807) is 43.3 Å². The second kappa shape index (κ2) is 14.1. The molecule has 4 aromatic carbocycles. The fourth-order valence-corrected chi connectivity index (χ4v) is 6.55. The maximum atomic E-state index is 14.5. The van der Waals surface area contributed by atoms with Gasteiger partial charge in [-0.1, -0.05) is 96.5 Å². The molecule has 0 heterocycles. The molecule has 2 amide bonds.